The molecular weight excluding hydrogens is 261 g/mol. The molecule has 0 bridgehead atoms. The topological polar surface area (TPSA) is 17.1 Å². The predicted molar refractivity (Wildman–Crippen MR) is 60.7 cm³/mol. The van der Waals surface area contributed by atoms with E-state index in [0.717, 1.165) is 6.08 Å². The van der Waals surface area contributed by atoms with Gasteiger partial charge in [-0.25, -0.2) is 4.39 Å². The normalized spacial score (nSPS) is 12.0. The molecule has 0 aliphatic rings. The molecule has 0 heterocycles. The van der Waals surface area contributed by atoms with E-state index in [0.29, 0.717) is 5.56 Å². The zero-order valence-electron chi connectivity index (χ0n) is 7.38. The first-order valence-electron chi connectivity index (χ1n) is 3.94. The average Bonchev–Trinajstić information content (AvgIpc) is 2.15. The van der Waals surface area contributed by atoms with Crippen LogP contribution in [0.3, 0.4) is 0 Å². The molecule has 5 heteroatoms. The van der Waals surface area contributed by atoms with Gasteiger partial charge in [-0.05, 0) is 23.8 Å². The maximum Gasteiger partial charge on any atom is 0.252 e. The Labute approximate surface area is 101 Å². The third-order valence-electron chi connectivity index (χ3n) is 1.58. The van der Waals surface area contributed by atoms with Crippen molar-refractivity contribution in [1.82, 2.24) is 0 Å². The zero-order chi connectivity index (χ0) is 11.5. The number of carbonyl (C=O) groups excluding carboxylic acids is 1. The van der Waals surface area contributed by atoms with Gasteiger partial charge in [0.05, 0.1) is 0 Å². The van der Waals surface area contributed by atoms with Crippen molar-refractivity contribution in [2.75, 3.05) is 0 Å². The van der Waals surface area contributed by atoms with Crippen LogP contribution in [-0.2, 0) is 4.79 Å². The predicted octanol–water partition coefficient (Wildman–Crippen LogP) is 3.78. The fourth-order valence-corrected chi connectivity index (χ4v) is 1.03. The fourth-order valence-electron chi connectivity index (χ4n) is 0.840. The minimum atomic E-state index is -1.95. The third-order valence-corrected chi connectivity index (χ3v) is 2.14. The van der Waals surface area contributed by atoms with Gasteiger partial charge in [0.15, 0.2) is 0 Å². The van der Waals surface area contributed by atoms with Crippen LogP contribution in [0, 0.1) is 5.82 Å². The molecule has 0 aromatic heterocycles. The standard InChI is InChI=1S/C10H6Cl3FO/c11-10(12,13)9(15)6-3-7-1-4-8(14)5-2-7/h1-6H/b6-3+. The largest absolute Gasteiger partial charge is 0.290 e. The molecule has 0 saturated heterocycles. The maximum absolute atomic E-state index is 12.5. The number of halogens is 4. The summed E-state index contributed by atoms with van der Waals surface area (Å²) < 4.78 is 10.6. The fraction of sp³-hybridized carbons (Fsp3) is 0.100. The van der Waals surface area contributed by atoms with E-state index in [4.69, 9.17) is 34.8 Å². The number of hydrogen-bond donors (Lipinski definition) is 0. The van der Waals surface area contributed by atoms with E-state index in [1.54, 1.807) is 0 Å². The van der Waals surface area contributed by atoms with E-state index in [-0.39, 0.29) is 5.82 Å². The highest BCUT2D eigenvalue weighted by molar-refractivity contribution is 6.77. The molecule has 0 radical (unpaired) electrons. The SMILES string of the molecule is O=C(/C=C/c1ccc(F)cc1)C(Cl)(Cl)Cl. The Morgan fingerprint density at radius 1 is 1.20 bits per heavy atom. The van der Waals surface area contributed by atoms with Crippen molar-refractivity contribution in [3.8, 4) is 0 Å². The zero-order valence-corrected chi connectivity index (χ0v) is 9.65. The van der Waals surface area contributed by atoms with Gasteiger partial charge in [0.25, 0.3) is 3.79 Å². The molecule has 80 valence electrons. The van der Waals surface area contributed by atoms with Crippen LogP contribution < -0.4 is 0 Å². The molecule has 1 nitrogen and oxygen atoms in total. The Kier molecular flexibility index (Phi) is 4.14. The lowest BCUT2D eigenvalue weighted by Crippen LogP contribution is -2.15. The van der Waals surface area contributed by atoms with Gasteiger partial charge in [0, 0.05) is 0 Å². The van der Waals surface area contributed by atoms with Crippen LogP contribution in [0.25, 0.3) is 6.08 Å². The minimum Gasteiger partial charge on any atom is -0.290 e. The highest BCUT2D eigenvalue weighted by Crippen LogP contribution is 2.27. The van der Waals surface area contributed by atoms with Gasteiger partial charge in [-0.2, -0.15) is 0 Å². The van der Waals surface area contributed by atoms with Crippen molar-refractivity contribution in [2.45, 2.75) is 3.79 Å². The van der Waals surface area contributed by atoms with E-state index < -0.39 is 9.58 Å². The van der Waals surface area contributed by atoms with Gasteiger partial charge in [-0.3, -0.25) is 4.79 Å². The van der Waals surface area contributed by atoms with Gasteiger partial charge in [-0.15, -0.1) is 0 Å². The first-order chi connectivity index (χ1) is 6.89. The van der Waals surface area contributed by atoms with Gasteiger partial charge in [-0.1, -0.05) is 53.0 Å². The van der Waals surface area contributed by atoms with Crippen LogP contribution >= 0.6 is 34.8 Å². The molecule has 15 heavy (non-hydrogen) atoms. The van der Waals surface area contributed by atoms with E-state index in [1.807, 2.05) is 0 Å². The summed E-state index contributed by atoms with van der Waals surface area (Å²) in [4.78, 5) is 11.1. The van der Waals surface area contributed by atoms with E-state index in [2.05, 4.69) is 0 Å². The van der Waals surface area contributed by atoms with Crippen molar-refractivity contribution >= 4 is 46.7 Å². The quantitative estimate of drug-likeness (QED) is 0.589. The number of allylic oxidation sites excluding steroid dienone is 1. The summed E-state index contributed by atoms with van der Waals surface area (Å²) in [6, 6.07) is 5.58. The summed E-state index contributed by atoms with van der Waals surface area (Å²) >= 11 is 16.0. The average molecular weight is 268 g/mol. The van der Waals surface area contributed by atoms with Crippen molar-refractivity contribution in [3.63, 3.8) is 0 Å². The summed E-state index contributed by atoms with van der Waals surface area (Å²) in [6.45, 7) is 0. The molecule has 0 fully saturated rings. The third kappa shape index (κ3) is 4.20. The second-order valence-electron chi connectivity index (χ2n) is 2.75. The summed E-state index contributed by atoms with van der Waals surface area (Å²) in [7, 11) is 0. The smallest absolute Gasteiger partial charge is 0.252 e. The first-order valence-corrected chi connectivity index (χ1v) is 5.08. The van der Waals surface area contributed by atoms with Crippen LogP contribution in [0.2, 0.25) is 0 Å². The van der Waals surface area contributed by atoms with Crippen molar-refractivity contribution < 1.29 is 9.18 Å². The molecule has 1 aromatic rings. The molecule has 1 aromatic carbocycles. The van der Waals surface area contributed by atoms with Crippen LogP contribution in [-0.4, -0.2) is 9.58 Å². The highest BCUT2D eigenvalue weighted by atomic mass is 35.6. The maximum atomic E-state index is 12.5. The molecule has 0 N–H and O–H groups in total. The lowest BCUT2D eigenvalue weighted by atomic mass is 10.2. The van der Waals surface area contributed by atoms with Crippen LogP contribution in [0.1, 0.15) is 5.56 Å². The van der Waals surface area contributed by atoms with Crippen molar-refractivity contribution in [1.29, 1.82) is 0 Å². The Balaban J connectivity index is 2.74. The second kappa shape index (κ2) is 4.97. The summed E-state index contributed by atoms with van der Waals surface area (Å²) in [5.74, 6) is -0.989. The molecule has 0 spiro atoms. The van der Waals surface area contributed by atoms with E-state index >= 15 is 0 Å². The molecule has 0 saturated carbocycles. The first kappa shape index (κ1) is 12.5. The molecule has 0 aliphatic carbocycles. The lowest BCUT2D eigenvalue weighted by Gasteiger charge is -2.04. The van der Waals surface area contributed by atoms with Crippen LogP contribution in [0.4, 0.5) is 4.39 Å². The summed E-state index contributed by atoms with van der Waals surface area (Å²) in [5.41, 5.74) is 0.652. The Hall–Kier alpha value is -0.570. The highest BCUT2D eigenvalue weighted by Gasteiger charge is 2.27. The number of ketones is 1. The number of rotatable bonds is 2. The molecule has 0 unspecified atom stereocenters. The Bertz CT molecular complexity index is 379. The number of alkyl halides is 3. The number of benzene rings is 1. The number of carbonyl (C=O) groups is 1. The monoisotopic (exact) mass is 266 g/mol. The Morgan fingerprint density at radius 2 is 1.73 bits per heavy atom. The Morgan fingerprint density at radius 3 is 2.20 bits per heavy atom. The summed E-state index contributed by atoms with van der Waals surface area (Å²) in [5, 5.41) is 0. The van der Waals surface area contributed by atoms with Crippen LogP contribution in [0.15, 0.2) is 30.3 Å². The van der Waals surface area contributed by atoms with E-state index in [1.165, 1.54) is 30.3 Å². The van der Waals surface area contributed by atoms with Crippen molar-refractivity contribution in [3.05, 3.63) is 41.7 Å². The molecule has 0 amide bonds. The lowest BCUT2D eigenvalue weighted by molar-refractivity contribution is -0.113. The van der Waals surface area contributed by atoms with Gasteiger partial charge >= 0.3 is 0 Å². The molecule has 0 atom stereocenters. The van der Waals surface area contributed by atoms with Gasteiger partial charge in [0.2, 0.25) is 5.78 Å². The summed E-state index contributed by atoms with van der Waals surface area (Å²) in [6.07, 6.45) is 2.59. The minimum absolute atomic E-state index is 0.347. The van der Waals surface area contributed by atoms with Gasteiger partial charge in [0.1, 0.15) is 5.82 Å². The second-order valence-corrected chi connectivity index (χ2v) is 5.03. The van der Waals surface area contributed by atoms with Crippen molar-refractivity contribution in [2.24, 2.45) is 0 Å². The molecular formula is C10H6Cl3FO. The van der Waals surface area contributed by atoms with E-state index in [9.17, 15) is 9.18 Å². The van der Waals surface area contributed by atoms with Crippen LogP contribution in [0.5, 0.6) is 0 Å². The van der Waals surface area contributed by atoms with Gasteiger partial charge < -0.3 is 0 Å². The number of hydrogen-bond acceptors (Lipinski definition) is 1. The molecule has 0 aliphatic heterocycles. The molecule has 1 rings (SSSR count).